The molecule has 1 aliphatic rings. The summed E-state index contributed by atoms with van der Waals surface area (Å²) in [6.07, 6.45) is 6.02. The van der Waals surface area contributed by atoms with Crippen LogP contribution in [0.4, 0.5) is 4.79 Å². The Bertz CT molecular complexity index is 129. The molecule has 2 amide bonds. The lowest BCUT2D eigenvalue weighted by Crippen LogP contribution is -2.37. The lowest BCUT2D eigenvalue weighted by atomic mass is 10.1. The van der Waals surface area contributed by atoms with Crippen LogP contribution >= 0.6 is 0 Å². The van der Waals surface area contributed by atoms with Crippen LogP contribution in [0, 0.1) is 0 Å². The third-order valence-corrected chi connectivity index (χ3v) is 2.17. The smallest absolute Gasteiger partial charge is 0.314 e. The molecule has 1 heterocycles. The van der Waals surface area contributed by atoms with Gasteiger partial charge >= 0.3 is 6.03 Å². The van der Waals surface area contributed by atoms with Crippen molar-refractivity contribution in [2.24, 2.45) is 5.73 Å². The normalized spacial score (nSPS) is 17.4. The van der Waals surface area contributed by atoms with Gasteiger partial charge in [-0.05, 0) is 12.8 Å². The second-order valence-electron chi connectivity index (χ2n) is 3.09. The average Bonchev–Trinajstić information content (AvgIpc) is 1.84. The highest BCUT2D eigenvalue weighted by Crippen LogP contribution is 2.09. The Kier molecular flexibility index (Phi) is 8.97. The number of carbonyl (C=O) groups excluding carboxylic acids is 1. The van der Waals surface area contributed by atoms with E-state index in [9.17, 15) is 4.79 Å². The Morgan fingerprint density at radius 2 is 1.31 bits per heavy atom. The number of carbonyl (C=O) groups is 1. The molecule has 0 aliphatic carbocycles. The maximum atomic E-state index is 10.8. The number of primary amides is 1. The van der Waals surface area contributed by atoms with Gasteiger partial charge in [-0.1, -0.05) is 34.1 Å². The van der Waals surface area contributed by atoms with Gasteiger partial charge in [0.1, 0.15) is 0 Å². The van der Waals surface area contributed by atoms with Crippen LogP contribution in [0.25, 0.3) is 0 Å². The van der Waals surface area contributed by atoms with Crippen molar-refractivity contribution in [3.8, 4) is 0 Å². The average molecular weight is 188 g/mol. The zero-order valence-corrected chi connectivity index (χ0v) is 6.88. The van der Waals surface area contributed by atoms with Crippen LogP contribution in [0.2, 0.25) is 0 Å². The number of amides is 2. The van der Waals surface area contributed by atoms with Gasteiger partial charge in [0.25, 0.3) is 0 Å². The van der Waals surface area contributed by atoms with Gasteiger partial charge in [0.05, 0.1) is 0 Å². The molecule has 1 fully saturated rings. The third kappa shape index (κ3) is 5.50. The first-order valence-corrected chi connectivity index (χ1v) is 4.35. The Hall–Kier alpha value is -0.730. The highest BCUT2D eigenvalue weighted by molar-refractivity contribution is 5.71. The molecule has 0 spiro atoms. The van der Waals surface area contributed by atoms with Gasteiger partial charge in [-0.25, -0.2) is 4.79 Å². The van der Waals surface area contributed by atoms with Gasteiger partial charge in [0.2, 0.25) is 0 Å². The monoisotopic (exact) mass is 188 g/mol. The third-order valence-electron chi connectivity index (χ3n) is 2.17. The molecule has 0 radical (unpaired) electrons. The van der Waals surface area contributed by atoms with E-state index in [1.807, 2.05) is 0 Å². The summed E-state index contributed by atoms with van der Waals surface area (Å²) in [6.45, 7) is 1.71. The largest absolute Gasteiger partial charge is 0.351 e. The van der Waals surface area contributed by atoms with Crippen molar-refractivity contribution >= 4 is 6.03 Å². The van der Waals surface area contributed by atoms with Crippen LogP contribution in [0.1, 0.15) is 47.0 Å². The van der Waals surface area contributed by atoms with E-state index in [-0.39, 0.29) is 20.9 Å². The first-order chi connectivity index (χ1) is 5.30. The fraction of sp³-hybridized carbons (Fsp3) is 0.900. The summed E-state index contributed by atoms with van der Waals surface area (Å²) in [5.41, 5.74) is 5.17. The molecule has 80 valence electrons. The molecule has 1 aliphatic heterocycles. The molecule has 13 heavy (non-hydrogen) atoms. The Balaban J connectivity index is 0. The fourth-order valence-corrected chi connectivity index (χ4v) is 1.47. The number of likely N-dealkylation sites (tertiary alicyclic amines) is 1. The van der Waals surface area contributed by atoms with Crippen LogP contribution < -0.4 is 5.73 Å². The van der Waals surface area contributed by atoms with Crippen molar-refractivity contribution in [1.29, 1.82) is 0 Å². The summed E-state index contributed by atoms with van der Waals surface area (Å²) >= 11 is 0. The minimum absolute atomic E-state index is 0. The first-order valence-electron chi connectivity index (χ1n) is 4.35. The molecule has 3 nitrogen and oxygen atoms in total. The summed E-state index contributed by atoms with van der Waals surface area (Å²) in [5, 5.41) is 0. The van der Waals surface area contributed by atoms with Gasteiger partial charge in [0, 0.05) is 13.1 Å². The Morgan fingerprint density at radius 3 is 1.69 bits per heavy atom. The number of urea groups is 1. The van der Waals surface area contributed by atoms with E-state index in [0.29, 0.717) is 0 Å². The molecule has 0 unspecified atom stereocenters. The molecule has 0 saturated carbocycles. The van der Waals surface area contributed by atoms with Crippen LogP contribution in [0.5, 0.6) is 0 Å². The molecule has 0 atom stereocenters. The summed E-state index contributed by atoms with van der Waals surface area (Å²) in [5.74, 6) is 0. The molecule has 2 N–H and O–H groups in total. The molecular weight excluding hydrogens is 164 g/mol. The zero-order valence-electron chi connectivity index (χ0n) is 6.88. The highest BCUT2D eigenvalue weighted by atomic mass is 16.2. The summed E-state index contributed by atoms with van der Waals surface area (Å²) in [6, 6.07) is -0.257. The van der Waals surface area contributed by atoms with E-state index in [1.165, 1.54) is 19.3 Å². The van der Waals surface area contributed by atoms with Crippen molar-refractivity contribution in [3.05, 3.63) is 0 Å². The lowest BCUT2D eigenvalue weighted by molar-refractivity contribution is 0.202. The zero-order chi connectivity index (χ0) is 8.10. The molecule has 0 aromatic heterocycles. The van der Waals surface area contributed by atoms with Crippen LogP contribution in [-0.2, 0) is 0 Å². The molecule has 0 aromatic carbocycles. The fourth-order valence-electron chi connectivity index (χ4n) is 1.47. The SMILES string of the molecule is C.C.NC(=O)N1CCCCCCC1. The highest BCUT2D eigenvalue weighted by Gasteiger charge is 2.10. The van der Waals surface area contributed by atoms with Crippen molar-refractivity contribution < 1.29 is 4.79 Å². The molecule has 1 saturated heterocycles. The molecule has 3 heteroatoms. The summed E-state index contributed by atoms with van der Waals surface area (Å²) in [7, 11) is 0. The van der Waals surface area contributed by atoms with Crippen molar-refractivity contribution in [2.45, 2.75) is 47.0 Å². The maximum absolute atomic E-state index is 10.8. The predicted molar refractivity (Wildman–Crippen MR) is 57.7 cm³/mol. The number of nitrogens with zero attached hydrogens (tertiary/aromatic N) is 1. The van der Waals surface area contributed by atoms with Gasteiger partial charge in [-0.3, -0.25) is 0 Å². The number of hydrogen-bond donors (Lipinski definition) is 1. The molecule has 1 rings (SSSR count). The molecule has 0 aromatic rings. The van der Waals surface area contributed by atoms with E-state index in [1.54, 1.807) is 4.90 Å². The maximum Gasteiger partial charge on any atom is 0.314 e. The van der Waals surface area contributed by atoms with Gasteiger partial charge in [0.15, 0.2) is 0 Å². The quantitative estimate of drug-likeness (QED) is 0.624. The standard InChI is InChI=1S/C8H16N2O.2CH4/c9-8(11)10-6-4-2-1-3-5-7-10;;/h1-7H2,(H2,9,11);2*1H4. The van der Waals surface area contributed by atoms with E-state index < -0.39 is 0 Å². The minimum atomic E-state index is -0.257. The number of rotatable bonds is 0. The molecular formula is C10H24N2O. The van der Waals surface area contributed by atoms with Crippen LogP contribution in [-0.4, -0.2) is 24.0 Å². The van der Waals surface area contributed by atoms with Crippen molar-refractivity contribution in [1.82, 2.24) is 4.90 Å². The Labute approximate surface area is 82.3 Å². The predicted octanol–water partition coefficient (Wildman–Crippen LogP) is 2.60. The van der Waals surface area contributed by atoms with Gasteiger partial charge in [-0.2, -0.15) is 0 Å². The van der Waals surface area contributed by atoms with Crippen molar-refractivity contribution in [2.75, 3.05) is 13.1 Å². The van der Waals surface area contributed by atoms with Crippen molar-refractivity contribution in [3.63, 3.8) is 0 Å². The van der Waals surface area contributed by atoms with Gasteiger partial charge in [-0.15, -0.1) is 0 Å². The summed E-state index contributed by atoms with van der Waals surface area (Å²) < 4.78 is 0. The second kappa shape index (κ2) is 7.90. The van der Waals surface area contributed by atoms with E-state index >= 15 is 0 Å². The molecule has 0 bridgehead atoms. The topological polar surface area (TPSA) is 46.3 Å². The van der Waals surface area contributed by atoms with E-state index in [4.69, 9.17) is 5.73 Å². The number of hydrogen-bond acceptors (Lipinski definition) is 1. The summed E-state index contributed by atoms with van der Waals surface area (Å²) in [4.78, 5) is 12.5. The van der Waals surface area contributed by atoms with Crippen LogP contribution in [0.15, 0.2) is 0 Å². The van der Waals surface area contributed by atoms with E-state index in [2.05, 4.69) is 0 Å². The lowest BCUT2D eigenvalue weighted by Gasteiger charge is -2.22. The number of nitrogens with two attached hydrogens (primary N) is 1. The Morgan fingerprint density at radius 1 is 0.923 bits per heavy atom. The second-order valence-corrected chi connectivity index (χ2v) is 3.09. The van der Waals surface area contributed by atoms with Crippen LogP contribution in [0.3, 0.4) is 0 Å². The minimum Gasteiger partial charge on any atom is -0.351 e. The van der Waals surface area contributed by atoms with Gasteiger partial charge < -0.3 is 10.6 Å². The first kappa shape index (κ1) is 14.8. The van der Waals surface area contributed by atoms with E-state index in [0.717, 1.165) is 25.9 Å².